The largest absolute Gasteiger partial charge is 0.340 e. The lowest BCUT2D eigenvalue weighted by Gasteiger charge is -2.38. The summed E-state index contributed by atoms with van der Waals surface area (Å²) in [6.45, 7) is 13.2. The topological polar surface area (TPSA) is 38.8 Å². The Labute approximate surface area is 172 Å². The van der Waals surface area contributed by atoms with Gasteiger partial charge in [0.05, 0.1) is 0 Å². The molecular formula is C19H38Cl2N4O. The van der Waals surface area contributed by atoms with Crippen molar-refractivity contribution in [1.29, 1.82) is 0 Å². The van der Waals surface area contributed by atoms with E-state index in [9.17, 15) is 4.79 Å². The summed E-state index contributed by atoms with van der Waals surface area (Å²) >= 11 is 0. The van der Waals surface area contributed by atoms with Crippen molar-refractivity contribution in [3.05, 3.63) is 0 Å². The fourth-order valence-electron chi connectivity index (χ4n) is 4.44. The summed E-state index contributed by atoms with van der Waals surface area (Å²) < 4.78 is 0. The highest BCUT2D eigenvalue weighted by atomic mass is 35.5. The Kier molecular flexibility index (Phi) is 11.4. The Hall–Kier alpha value is -0.0700. The van der Waals surface area contributed by atoms with Crippen LogP contribution in [0.5, 0.6) is 0 Å². The first kappa shape index (κ1) is 24.0. The summed E-state index contributed by atoms with van der Waals surface area (Å²) in [6.07, 6.45) is 6.12. The minimum atomic E-state index is 0. The fraction of sp³-hybridized carbons (Fsp3) is 0.947. The zero-order valence-corrected chi connectivity index (χ0v) is 18.0. The number of likely N-dealkylation sites (tertiary alicyclic amines) is 2. The number of hydrogen-bond donors (Lipinski definition) is 1. The van der Waals surface area contributed by atoms with Crippen molar-refractivity contribution in [3.8, 4) is 0 Å². The summed E-state index contributed by atoms with van der Waals surface area (Å²) in [5.41, 5.74) is 0. The van der Waals surface area contributed by atoms with Crippen molar-refractivity contribution in [2.24, 2.45) is 11.8 Å². The van der Waals surface area contributed by atoms with Crippen LogP contribution in [0.2, 0.25) is 0 Å². The Morgan fingerprint density at radius 1 is 0.962 bits per heavy atom. The van der Waals surface area contributed by atoms with Crippen molar-refractivity contribution in [2.75, 3.05) is 65.4 Å². The van der Waals surface area contributed by atoms with E-state index < -0.39 is 0 Å². The molecule has 1 N–H and O–H groups in total. The lowest BCUT2D eigenvalue weighted by Crippen LogP contribution is -2.48. The molecule has 3 aliphatic heterocycles. The first-order chi connectivity index (χ1) is 11.7. The van der Waals surface area contributed by atoms with Crippen LogP contribution in [0.4, 0.5) is 0 Å². The van der Waals surface area contributed by atoms with Crippen LogP contribution in [-0.2, 0) is 4.79 Å². The number of hydrogen-bond acceptors (Lipinski definition) is 4. The van der Waals surface area contributed by atoms with Crippen molar-refractivity contribution >= 4 is 30.7 Å². The summed E-state index contributed by atoms with van der Waals surface area (Å²) in [5, 5.41) is 3.31. The Morgan fingerprint density at radius 2 is 1.65 bits per heavy atom. The van der Waals surface area contributed by atoms with E-state index in [0.29, 0.717) is 12.3 Å². The molecule has 3 fully saturated rings. The molecule has 0 bridgehead atoms. The van der Waals surface area contributed by atoms with Crippen LogP contribution >= 0.6 is 24.8 Å². The monoisotopic (exact) mass is 408 g/mol. The molecule has 7 heteroatoms. The Morgan fingerprint density at radius 3 is 2.35 bits per heavy atom. The Bertz CT molecular complexity index is 399. The normalized spacial score (nSPS) is 26.0. The molecule has 3 aliphatic rings. The van der Waals surface area contributed by atoms with Gasteiger partial charge in [0.25, 0.3) is 0 Å². The molecular weight excluding hydrogens is 371 g/mol. The standard InChI is InChI=1S/C19H36N4O.2ClH/c1-17-4-10-22(11-5-17)16-18-3-2-9-21(15-18)12-6-19(24)23-13-7-20-8-14-23;;/h17-18,20H,2-16H2,1H3;2*1H. The smallest absolute Gasteiger partial charge is 0.223 e. The van der Waals surface area contributed by atoms with E-state index in [1.807, 2.05) is 4.90 Å². The molecule has 0 aromatic carbocycles. The van der Waals surface area contributed by atoms with E-state index in [4.69, 9.17) is 0 Å². The number of carbonyl (C=O) groups excluding carboxylic acids is 1. The molecule has 0 radical (unpaired) electrons. The van der Waals surface area contributed by atoms with Gasteiger partial charge in [-0.2, -0.15) is 0 Å². The number of rotatable bonds is 5. The second-order valence-corrected chi connectivity index (χ2v) is 8.17. The molecule has 154 valence electrons. The van der Waals surface area contributed by atoms with Crippen molar-refractivity contribution in [1.82, 2.24) is 20.0 Å². The molecule has 0 aliphatic carbocycles. The fourth-order valence-corrected chi connectivity index (χ4v) is 4.44. The maximum absolute atomic E-state index is 12.3. The third kappa shape index (κ3) is 7.51. The number of nitrogens with zero attached hydrogens (tertiary/aromatic N) is 3. The SMILES string of the molecule is CC1CCN(CC2CCCN(CCC(=O)N3CCNCC3)C2)CC1.Cl.Cl. The van der Waals surface area contributed by atoms with Crippen LogP contribution in [0, 0.1) is 11.8 Å². The van der Waals surface area contributed by atoms with Crippen molar-refractivity contribution in [2.45, 2.75) is 39.0 Å². The van der Waals surface area contributed by atoms with E-state index >= 15 is 0 Å². The predicted molar refractivity (Wildman–Crippen MR) is 113 cm³/mol. The summed E-state index contributed by atoms with van der Waals surface area (Å²) in [6, 6.07) is 0. The highest BCUT2D eigenvalue weighted by Crippen LogP contribution is 2.22. The van der Waals surface area contributed by atoms with Crippen molar-refractivity contribution < 1.29 is 4.79 Å². The van der Waals surface area contributed by atoms with E-state index in [0.717, 1.165) is 44.6 Å². The van der Waals surface area contributed by atoms with Gasteiger partial charge >= 0.3 is 0 Å². The lowest BCUT2D eigenvalue weighted by molar-refractivity contribution is -0.132. The van der Waals surface area contributed by atoms with Gasteiger partial charge in [0.1, 0.15) is 0 Å². The third-order valence-electron chi connectivity index (χ3n) is 6.11. The van der Waals surface area contributed by atoms with Gasteiger partial charge < -0.3 is 20.0 Å². The average molecular weight is 409 g/mol. The number of piperidine rings is 2. The number of nitrogens with one attached hydrogen (secondary N) is 1. The first-order valence-electron chi connectivity index (χ1n) is 10.1. The van der Waals surface area contributed by atoms with Crippen LogP contribution in [0.1, 0.15) is 39.0 Å². The molecule has 0 saturated carbocycles. The molecule has 3 saturated heterocycles. The molecule has 0 aromatic heterocycles. The van der Waals surface area contributed by atoms with E-state index in [1.54, 1.807) is 0 Å². The van der Waals surface area contributed by atoms with Gasteiger partial charge in [-0.1, -0.05) is 6.92 Å². The zero-order chi connectivity index (χ0) is 16.8. The molecule has 5 nitrogen and oxygen atoms in total. The summed E-state index contributed by atoms with van der Waals surface area (Å²) in [5.74, 6) is 2.07. The van der Waals surface area contributed by atoms with Gasteiger partial charge in [-0.25, -0.2) is 0 Å². The number of carbonyl (C=O) groups is 1. The average Bonchev–Trinajstić information content (AvgIpc) is 2.63. The van der Waals surface area contributed by atoms with E-state index in [-0.39, 0.29) is 24.8 Å². The first-order valence-corrected chi connectivity index (χ1v) is 10.1. The third-order valence-corrected chi connectivity index (χ3v) is 6.11. The highest BCUT2D eigenvalue weighted by Gasteiger charge is 2.25. The van der Waals surface area contributed by atoms with Gasteiger partial charge in [-0.3, -0.25) is 4.79 Å². The number of halogens is 2. The van der Waals surface area contributed by atoms with Crippen LogP contribution in [0.15, 0.2) is 0 Å². The molecule has 0 spiro atoms. The van der Waals surface area contributed by atoms with E-state index in [2.05, 4.69) is 22.0 Å². The minimum absolute atomic E-state index is 0. The van der Waals surface area contributed by atoms with Crippen LogP contribution in [0.25, 0.3) is 0 Å². The van der Waals surface area contributed by atoms with Gasteiger partial charge in [0, 0.05) is 52.2 Å². The number of piperazine rings is 1. The van der Waals surface area contributed by atoms with Crippen molar-refractivity contribution in [3.63, 3.8) is 0 Å². The molecule has 0 aromatic rings. The van der Waals surface area contributed by atoms with Gasteiger partial charge in [-0.15, -0.1) is 24.8 Å². The molecule has 26 heavy (non-hydrogen) atoms. The van der Waals surface area contributed by atoms with Gasteiger partial charge in [0.2, 0.25) is 5.91 Å². The molecule has 1 unspecified atom stereocenters. The van der Waals surface area contributed by atoms with Crippen LogP contribution in [0.3, 0.4) is 0 Å². The van der Waals surface area contributed by atoms with Gasteiger partial charge in [-0.05, 0) is 57.2 Å². The number of amides is 1. The molecule has 3 heterocycles. The van der Waals surface area contributed by atoms with Gasteiger partial charge in [0.15, 0.2) is 0 Å². The minimum Gasteiger partial charge on any atom is -0.340 e. The lowest BCUT2D eigenvalue weighted by atomic mass is 9.94. The van der Waals surface area contributed by atoms with Crippen LogP contribution in [-0.4, -0.2) is 86.1 Å². The molecule has 1 atom stereocenters. The maximum atomic E-state index is 12.3. The zero-order valence-electron chi connectivity index (χ0n) is 16.3. The summed E-state index contributed by atoms with van der Waals surface area (Å²) in [4.78, 5) is 19.6. The summed E-state index contributed by atoms with van der Waals surface area (Å²) in [7, 11) is 0. The quantitative estimate of drug-likeness (QED) is 0.755. The van der Waals surface area contributed by atoms with Crippen LogP contribution < -0.4 is 5.32 Å². The second-order valence-electron chi connectivity index (χ2n) is 8.17. The highest BCUT2D eigenvalue weighted by molar-refractivity contribution is 5.85. The second kappa shape index (κ2) is 12.4. The molecule has 3 rings (SSSR count). The maximum Gasteiger partial charge on any atom is 0.223 e. The molecule has 1 amide bonds. The predicted octanol–water partition coefficient (Wildman–Crippen LogP) is 2.10. The van der Waals surface area contributed by atoms with E-state index in [1.165, 1.54) is 58.4 Å². The Balaban J connectivity index is 0.00000169.